The van der Waals surface area contributed by atoms with Crippen molar-refractivity contribution in [3.63, 3.8) is 0 Å². The van der Waals surface area contributed by atoms with E-state index in [-0.39, 0.29) is 11.9 Å². The van der Waals surface area contributed by atoms with Crippen molar-refractivity contribution in [1.29, 1.82) is 0 Å². The molecule has 25 heavy (non-hydrogen) atoms. The third kappa shape index (κ3) is 2.49. The van der Waals surface area contributed by atoms with Gasteiger partial charge in [-0.15, -0.1) is 0 Å². The second-order valence-corrected chi connectivity index (χ2v) is 8.52. The number of carbonyl (C=O) groups excluding carboxylic acids is 1. The summed E-state index contributed by atoms with van der Waals surface area (Å²) in [6.07, 6.45) is 2.68. The number of aromatic nitrogens is 1. The zero-order chi connectivity index (χ0) is 17.8. The number of rotatable bonds is 2. The first-order valence-corrected chi connectivity index (χ1v) is 9.91. The van der Waals surface area contributed by atoms with Crippen molar-refractivity contribution in [3.8, 4) is 0 Å². The Hall–Kier alpha value is -2.12. The highest BCUT2D eigenvalue weighted by molar-refractivity contribution is 7.89. The van der Waals surface area contributed by atoms with E-state index in [0.29, 0.717) is 31.0 Å². The van der Waals surface area contributed by atoms with Crippen LogP contribution in [0.2, 0.25) is 0 Å². The average molecular weight is 359 g/mol. The Kier molecular flexibility index (Phi) is 3.73. The van der Waals surface area contributed by atoms with Crippen LogP contribution in [0.5, 0.6) is 0 Å². The molecule has 6 nitrogen and oxygen atoms in total. The van der Waals surface area contributed by atoms with Crippen molar-refractivity contribution in [2.75, 3.05) is 18.0 Å². The first-order chi connectivity index (χ1) is 11.9. The van der Waals surface area contributed by atoms with Crippen molar-refractivity contribution < 1.29 is 13.2 Å². The maximum absolute atomic E-state index is 13.2. The summed E-state index contributed by atoms with van der Waals surface area (Å²) in [6, 6.07) is 8.83. The third-order valence-electron chi connectivity index (χ3n) is 5.22. The molecule has 1 amide bonds. The van der Waals surface area contributed by atoms with Crippen LogP contribution >= 0.6 is 0 Å². The van der Waals surface area contributed by atoms with Crippen LogP contribution in [0.15, 0.2) is 41.4 Å². The molecule has 0 fully saturated rings. The predicted octanol–water partition coefficient (Wildman–Crippen LogP) is 2.16. The summed E-state index contributed by atoms with van der Waals surface area (Å²) in [5.74, 6) is -0.0141. The number of carbonyl (C=O) groups is 1. The van der Waals surface area contributed by atoms with Crippen molar-refractivity contribution >= 4 is 21.6 Å². The first-order valence-electron chi connectivity index (χ1n) is 8.47. The summed E-state index contributed by atoms with van der Waals surface area (Å²) in [5.41, 5.74) is 2.76. The van der Waals surface area contributed by atoms with E-state index in [2.05, 4.69) is 4.57 Å². The van der Waals surface area contributed by atoms with Crippen LogP contribution < -0.4 is 4.90 Å². The van der Waals surface area contributed by atoms with E-state index in [1.807, 2.05) is 25.3 Å². The van der Waals surface area contributed by atoms with Crippen molar-refractivity contribution in [1.82, 2.24) is 8.87 Å². The van der Waals surface area contributed by atoms with Gasteiger partial charge in [0.2, 0.25) is 15.9 Å². The van der Waals surface area contributed by atoms with Gasteiger partial charge in [-0.3, -0.25) is 4.79 Å². The Balaban J connectivity index is 1.69. The summed E-state index contributed by atoms with van der Waals surface area (Å²) in [6.45, 7) is 5.19. The fourth-order valence-corrected chi connectivity index (χ4v) is 5.54. The molecule has 2 aliphatic rings. The molecule has 0 spiro atoms. The fraction of sp³-hybridized carbons (Fsp3) is 0.389. The number of benzene rings is 1. The number of fused-ring (bicyclic) bond motifs is 2. The second kappa shape index (κ2) is 5.71. The van der Waals surface area contributed by atoms with E-state index < -0.39 is 10.0 Å². The largest absolute Gasteiger partial charge is 0.349 e. The van der Waals surface area contributed by atoms with E-state index in [4.69, 9.17) is 0 Å². The maximum atomic E-state index is 13.2. The van der Waals surface area contributed by atoms with Crippen LogP contribution in [0.3, 0.4) is 0 Å². The average Bonchev–Trinajstić information content (AvgIpc) is 3.21. The minimum Gasteiger partial charge on any atom is -0.349 e. The van der Waals surface area contributed by atoms with Gasteiger partial charge in [0.25, 0.3) is 0 Å². The Morgan fingerprint density at radius 3 is 2.72 bits per heavy atom. The molecule has 1 aromatic heterocycles. The molecule has 4 rings (SSSR count). The van der Waals surface area contributed by atoms with Crippen molar-refractivity contribution in [2.24, 2.45) is 0 Å². The van der Waals surface area contributed by atoms with Gasteiger partial charge in [0, 0.05) is 44.1 Å². The van der Waals surface area contributed by atoms with E-state index >= 15 is 0 Å². The summed E-state index contributed by atoms with van der Waals surface area (Å²) in [5, 5.41) is 0. The summed E-state index contributed by atoms with van der Waals surface area (Å²) in [4.78, 5) is 13.7. The van der Waals surface area contributed by atoms with Crippen LogP contribution in [-0.4, -0.2) is 36.3 Å². The van der Waals surface area contributed by atoms with Crippen LogP contribution in [-0.2, 0) is 27.8 Å². The molecule has 0 saturated heterocycles. The van der Waals surface area contributed by atoms with Gasteiger partial charge in [-0.2, -0.15) is 4.31 Å². The summed E-state index contributed by atoms with van der Waals surface area (Å²) < 4.78 is 30.0. The molecule has 0 radical (unpaired) electrons. The van der Waals surface area contributed by atoms with Gasteiger partial charge in [0.15, 0.2) is 0 Å². The molecule has 1 aromatic carbocycles. The van der Waals surface area contributed by atoms with Gasteiger partial charge in [-0.25, -0.2) is 8.42 Å². The van der Waals surface area contributed by atoms with E-state index in [0.717, 1.165) is 16.9 Å². The zero-order valence-electron chi connectivity index (χ0n) is 14.3. The molecule has 3 heterocycles. The van der Waals surface area contributed by atoms with Crippen LogP contribution in [0.25, 0.3) is 0 Å². The van der Waals surface area contributed by atoms with E-state index in [1.54, 1.807) is 27.4 Å². The molecule has 7 heteroatoms. The van der Waals surface area contributed by atoms with E-state index in [1.165, 1.54) is 6.92 Å². The molecule has 2 aliphatic heterocycles. The lowest BCUT2D eigenvalue weighted by molar-refractivity contribution is -0.116. The number of anilines is 1. The van der Waals surface area contributed by atoms with Crippen LogP contribution in [0.1, 0.15) is 31.1 Å². The molecule has 0 N–H and O–H groups in total. The molecule has 0 aliphatic carbocycles. The number of nitrogens with zero attached hydrogens (tertiary/aromatic N) is 3. The highest BCUT2D eigenvalue weighted by atomic mass is 32.2. The van der Waals surface area contributed by atoms with Crippen LogP contribution in [0.4, 0.5) is 5.69 Å². The second-order valence-electron chi connectivity index (χ2n) is 6.63. The zero-order valence-corrected chi connectivity index (χ0v) is 15.2. The molecule has 2 aromatic rings. The van der Waals surface area contributed by atoms with Gasteiger partial charge < -0.3 is 9.47 Å². The molecule has 0 unspecified atom stereocenters. The van der Waals surface area contributed by atoms with Gasteiger partial charge in [-0.1, -0.05) is 0 Å². The number of amides is 1. The lowest BCUT2D eigenvalue weighted by Gasteiger charge is -2.34. The van der Waals surface area contributed by atoms with Crippen molar-refractivity contribution in [3.05, 3.63) is 47.8 Å². The molecular formula is C18H21N3O3S. The van der Waals surface area contributed by atoms with Gasteiger partial charge in [0.05, 0.1) is 10.9 Å². The number of hydrogen-bond acceptors (Lipinski definition) is 3. The third-order valence-corrected chi connectivity index (χ3v) is 7.19. The quantitative estimate of drug-likeness (QED) is 0.825. The number of hydrogen-bond donors (Lipinski definition) is 0. The molecule has 132 valence electrons. The Morgan fingerprint density at radius 1 is 1.16 bits per heavy atom. The Morgan fingerprint density at radius 2 is 1.96 bits per heavy atom. The lowest BCUT2D eigenvalue weighted by Crippen LogP contribution is -2.40. The fourth-order valence-electron chi connectivity index (χ4n) is 3.89. The number of sulfonamides is 1. The summed E-state index contributed by atoms with van der Waals surface area (Å²) in [7, 11) is -3.57. The highest BCUT2D eigenvalue weighted by Gasteiger charge is 2.35. The van der Waals surface area contributed by atoms with Crippen LogP contribution in [0, 0.1) is 0 Å². The smallest absolute Gasteiger partial charge is 0.243 e. The van der Waals surface area contributed by atoms with Crippen molar-refractivity contribution in [2.45, 2.75) is 37.8 Å². The molecule has 0 bridgehead atoms. The maximum Gasteiger partial charge on any atom is 0.243 e. The molecule has 0 saturated carbocycles. The Bertz CT molecular complexity index is 948. The molecule has 1 atom stereocenters. The predicted molar refractivity (Wildman–Crippen MR) is 94.9 cm³/mol. The summed E-state index contributed by atoms with van der Waals surface area (Å²) >= 11 is 0. The monoisotopic (exact) mass is 359 g/mol. The standard InChI is InChI=1S/C18H21N3O3S/c1-13-17-4-3-8-19(17)10-11-21(13)25(23,24)16-5-6-18-15(12-16)7-9-20(18)14(2)22/h3-6,8,12-13H,7,9-11H2,1-2H3/t13-/m1/s1. The minimum atomic E-state index is -3.57. The van der Waals surface area contributed by atoms with Gasteiger partial charge >= 0.3 is 0 Å². The SMILES string of the molecule is CC(=O)N1CCc2cc(S(=O)(=O)N3CCn4cccc4[C@H]3C)ccc21. The topological polar surface area (TPSA) is 62.6 Å². The molecular weight excluding hydrogens is 338 g/mol. The lowest BCUT2D eigenvalue weighted by atomic mass is 10.2. The minimum absolute atomic E-state index is 0.0141. The first kappa shape index (κ1) is 16.4. The highest BCUT2D eigenvalue weighted by Crippen LogP contribution is 2.34. The van der Waals surface area contributed by atoms with Gasteiger partial charge in [-0.05, 0) is 49.2 Å². The van der Waals surface area contributed by atoms with Gasteiger partial charge in [0.1, 0.15) is 0 Å². The Labute approximate surface area is 147 Å². The van der Waals surface area contributed by atoms with E-state index in [9.17, 15) is 13.2 Å². The normalized spacial score (nSPS) is 20.4.